The van der Waals surface area contributed by atoms with Gasteiger partial charge in [-0.25, -0.2) is 4.79 Å². The summed E-state index contributed by atoms with van der Waals surface area (Å²) in [6.07, 6.45) is 9.54. The number of carbonyl (C=O) groups excluding carboxylic acids is 1. The van der Waals surface area contributed by atoms with Crippen LogP contribution in [0.25, 0.3) is 6.08 Å². The van der Waals surface area contributed by atoms with Crippen LogP contribution in [-0.4, -0.2) is 18.7 Å². The summed E-state index contributed by atoms with van der Waals surface area (Å²) in [6.45, 7) is 4.43. The van der Waals surface area contributed by atoms with Crippen molar-refractivity contribution in [3.05, 3.63) is 48.1 Å². The van der Waals surface area contributed by atoms with E-state index in [9.17, 15) is 4.79 Å². The van der Waals surface area contributed by atoms with Gasteiger partial charge >= 0.3 is 5.97 Å². The molecule has 112 valence electrons. The zero-order chi connectivity index (χ0) is 15.1. The lowest BCUT2D eigenvalue weighted by Gasteiger charge is -2.32. The second-order valence-corrected chi connectivity index (χ2v) is 5.36. The first-order valence-electron chi connectivity index (χ1n) is 7.45. The minimum absolute atomic E-state index is 0.319. The van der Waals surface area contributed by atoms with Crippen LogP contribution in [0.15, 0.2) is 42.5 Å². The smallest absolute Gasteiger partial charge is 0.330 e. The Bertz CT molecular complexity index is 508. The fourth-order valence-electron chi connectivity index (χ4n) is 2.27. The molecule has 0 unspecified atom stereocenters. The normalized spacial score (nSPS) is 21.4. The van der Waals surface area contributed by atoms with Crippen molar-refractivity contribution in [2.24, 2.45) is 5.92 Å². The van der Waals surface area contributed by atoms with Crippen molar-refractivity contribution in [3.8, 4) is 5.75 Å². The Morgan fingerprint density at radius 1 is 1.24 bits per heavy atom. The van der Waals surface area contributed by atoms with Gasteiger partial charge in [-0.3, -0.25) is 0 Å². The molecule has 0 saturated heterocycles. The summed E-state index contributed by atoms with van der Waals surface area (Å²) in [5, 5.41) is 0. The largest absolute Gasteiger partial charge is 0.490 e. The van der Waals surface area contributed by atoms with Gasteiger partial charge in [-0.05, 0) is 43.4 Å². The molecule has 0 aromatic heterocycles. The van der Waals surface area contributed by atoms with Crippen molar-refractivity contribution in [2.75, 3.05) is 6.61 Å². The molecule has 3 nitrogen and oxygen atoms in total. The van der Waals surface area contributed by atoms with Gasteiger partial charge in [0.05, 0.1) is 12.7 Å². The van der Waals surface area contributed by atoms with E-state index in [-0.39, 0.29) is 5.97 Å². The van der Waals surface area contributed by atoms with Crippen LogP contribution in [0.1, 0.15) is 32.3 Å². The van der Waals surface area contributed by atoms with Crippen molar-refractivity contribution in [3.63, 3.8) is 0 Å². The SMILES string of the molecule is CCOC(=O)/C=C/C=C/c1ccc(OC2CC(C)C2)cc1. The number of benzene rings is 1. The van der Waals surface area contributed by atoms with Gasteiger partial charge in [0.25, 0.3) is 0 Å². The number of ether oxygens (including phenoxy) is 2. The van der Waals surface area contributed by atoms with E-state index in [1.54, 1.807) is 13.0 Å². The minimum Gasteiger partial charge on any atom is -0.490 e. The Morgan fingerprint density at radius 2 is 1.95 bits per heavy atom. The first-order valence-corrected chi connectivity index (χ1v) is 7.45. The van der Waals surface area contributed by atoms with E-state index in [1.165, 1.54) is 6.08 Å². The number of allylic oxidation sites excluding steroid dienone is 2. The highest BCUT2D eigenvalue weighted by molar-refractivity contribution is 5.82. The highest BCUT2D eigenvalue weighted by Gasteiger charge is 2.26. The van der Waals surface area contributed by atoms with Crippen molar-refractivity contribution in [1.29, 1.82) is 0 Å². The van der Waals surface area contributed by atoms with Gasteiger partial charge < -0.3 is 9.47 Å². The number of carbonyl (C=O) groups is 1. The Morgan fingerprint density at radius 3 is 2.57 bits per heavy atom. The molecule has 1 aliphatic carbocycles. The van der Waals surface area contributed by atoms with Crippen molar-refractivity contribution in [2.45, 2.75) is 32.8 Å². The zero-order valence-corrected chi connectivity index (χ0v) is 12.6. The number of hydrogen-bond acceptors (Lipinski definition) is 3. The zero-order valence-electron chi connectivity index (χ0n) is 12.6. The van der Waals surface area contributed by atoms with E-state index in [2.05, 4.69) is 6.92 Å². The Labute approximate surface area is 126 Å². The second-order valence-electron chi connectivity index (χ2n) is 5.36. The van der Waals surface area contributed by atoms with Gasteiger partial charge in [0.1, 0.15) is 5.75 Å². The van der Waals surface area contributed by atoms with Crippen molar-refractivity contribution in [1.82, 2.24) is 0 Å². The summed E-state index contributed by atoms with van der Waals surface area (Å²) in [5.74, 6) is 1.40. The molecule has 1 saturated carbocycles. The van der Waals surface area contributed by atoms with E-state index in [1.807, 2.05) is 36.4 Å². The Balaban J connectivity index is 1.80. The highest BCUT2D eigenvalue weighted by atomic mass is 16.5. The summed E-state index contributed by atoms with van der Waals surface area (Å²) in [5.41, 5.74) is 1.07. The monoisotopic (exact) mass is 286 g/mol. The molecule has 0 heterocycles. The molecule has 0 N–H and O–H groups in total. The fourth-order valence-corrected chi connectivity index (χ4v) is 2.27. The minimum atomic E-state index is -0.319. The highest BCUT2D eigenvalue weighted by Crippen LogP contribution is 2.30. The summed E-state index contributed by atoms with van der Waals surface area (Å²) < 4.78 is 10.7. The van der Waals surface area contributed by atoms with Crippen LogP contribution in [0.2, 0.25) is 0 Å². The van der Waals surface area contributed by atoms with Crippen LogP contribution >= 0.6 is 0 Å². The third-order valence-corrected chi connectivity index (χ3v) is 3.43. The lowest BCUT2D eigenvalue weighted by molar-refractivity contribution is -0.137. The maximum absolute atomic E-state index is 11.1. The van der Waals surface area contributed by atoms with Crippen LogP contribution in [0.3, 0.4) is 0 Å². The molecule has 1 aromatic carbocycles. The molecular formula is C18H22O3. The van der Waals surface area contributed by atoms with Crippen LogP contribution in [0.4, 0.5) is 0 Å². The standard InChI is InChI=1S/C18H22O3/c1-3-20-18(19)7-5-4-6-15-8-10-16(11-9-15)21-17-12-14(2)13-17/h4-11,14,17H,3,12-13H2,1-2H3/b6-4+,7-5+. The first-order chi connectivity index (χ1) is 10.2. The summed E-state index contributed by atoms with van der Waals surface area (Å²) in [6, 6.07) is 7.98. The number of hydrogen-bond donors (Lipinski definition) is 0. The summed E-state index contributed by atoms with van der Waals surface area (Å²) >= 11 is 0. The van der Waals surface area contributed by atoms with Crippen molar-refractivity contribution < 1.29 is 14.3 Å². The average molecular weight is 286 g/mol. The molecule has 21 heavy (non-hydrogen) atoms. The molecule has 0 spiro atoms. The molecule has 0 atom stereocenters. The lowest BCUT2D eigenvalue weighted by Crippen LogP contribution is -2.31. The van der Waals surface area contributed by atoms with Gasteiger partial charge in [-0.1, -0.05) is 37.3 Å². The molecule has 0 aliphatic heterocycles. The Hall–Kier alpha value is -2.03. The molecular weight excluding hydrogens is 264 g/mol. The Kier molecular flexibility index (Phi) is 5.61. The van der Waals surface area contributed by atoms with Crippen molar-refractivity contribution >= 4 is 12.0 Å². The van der Waals surface area contributed by atoms with Crippen LogP contribution < -0.4 is 4.74 Å². The molecule has 0 bridgehead atoms. The first kappa shape index (κ1) is 15.4. The van der Waals surface area contributed by atoms with E-state index in [4.69, 9.17) is 9.47 Å². The van der Waals surface area contributed by atoms with Gasteiger partial charge in [-0.2, -0.15) is 0 Å². The van der Waals surface area contributed by atoms with Crippen LogP contribution in [0.5, 0.6) is 5.75 Å². The topological polar surface area (TPSA) is 35.5 Å². The molecule has 1 fully saturated rings. The van der Waals surface area contributed by atoms with Crippen LogP contribution in [-0.2, 0) is 9.53 Å². The predicted octanol–water partition coefficient (Wildman–Crippen LogP) is 4.00. The van der Waals surface area contributed by atoms with Crippen LogP contribution in [0, 0.1) is 5.92 Å². The fraction of sp³-hybridized carbons (Fsp3) is 0.389. The number of esters is 1. The second kappa shape index (κ2) is 7.67. The quantitative estimate of drug-likeness (QED) is 0.450. The third kappa shape index (κ3) is 5.10. The van der Waals surface area contributed by atoms with E-state index in [0.717, 1.165) is 30.1 Å². The summed E-state index contributed by atoms with van der Waals surface area (Å²) in [7, 11) is 0. The maximum atomic E-state index is 11.1. The molecule has 0 radical (unpaired) electrons. The predicted molar refractivity (Wildman–Crippen MR) is 84.1 cm³/mol. The maximum Gasteiger partial charge on any atom is 0.330 e. The average Bonchev–Trinajstić information content (AvgIpc) is 2.44. The lowest BCUT2D eigenvalue weighted by atomic mass is 9.84. The molecule has 0 amide bonds. The molecule has 2 rings (SSSR count). The summed E-state index contributed by atoms with van der Waals surface area (Å²) in [4.78, 5) is 11.1. The molecule has 1 aliphatic rings. The third-order valence-electron chi connectivity index (χ3n) is 3.43. The van der Waals surface area contributed by atoms with Gasteiger partial charge in [0.2, 0.25) is 0 Å². The van der Waals surface area contributed by atoms with Gasteiger partial charge in [0.15, 0.2) is 0 Å². The van der Waals surface area contributed by atoms with Gasteiger partial charge in [0, 0.05) is 6.08 Å². The molecule has 1 aromatic rings. The van der Waals surface area contributed by atoms with Gasteiger partial charge in [-0.15, -0.1) is 0 Å². The molecule has 3 heteroatoms. The van der Waals surface area contributed by atoms with E-state index < -0.39 is 0 Å². The van der Waals surface area contributed by atoms with E-state index in [0.29, 0.717) is 12.7 Å². The van der Waals surface area contributed by atoms with E-state index >= 15 is 0 Å². The number of rotatable bonds is 6.